The molecule has 1 aliphatic rings. The minimum Gasteiger partial charge on any atom is -0.502 e. The van der Waals surface area contributed by atoms with Crippen molar-refractivity contribution in [1.29, 1.82) is 0 Å². The first-order valence-corrected chi connectivity index (χ1v) is 19.2. The summed E-state index contributed by atoms with van der Waals surface area (Å²) in [5, 5.41) is 0. The number of carbonyl (C=O) groups is 1. The summed E-state index contributed by atoms with van der Waals surface area (Å²) in [5.74, 6) is 0.181. The van der Waals surface area contributed by atoms with E-state index in [1.54, 1.807) is 36.8 Å². The van der Waals surface area contributed by atoms with Crippen molar-refractivity contribution in [2.45, 2.75) is 48.5 Å². The van der Waals surface area contributed by atoms with Crippen LogP contribution in [-0.4, -0.2) is 43.6 Å². The molecular weight excluding hydrogens is 658 g/mol. The quantitative estimate of drug-likeness (QED) is 0.108. The van der Waals surface area contributed by atoms with Crippen molar-refractivity contribution in [3.63, 3.8) is 0 Å². The second kappa shape index (κ2) is 15.7. The maximum atomic E-state index is 11.2. The smallest absolute Gasteiger partial charge is 0.0146 e. The molecule has 1 saturated heterocycles. The third-order valence-electron chi connectivity index (χ3n) is 6.72. The monoisotopic (exact) mass is 698 g/mol. The molecule has 3 aromatic carbocycles. The van der Waals surface area contributed by atoms with Gasteiger partial charge in [-0.05, 0) is 63.8 Å². The summed E-state index contributed by atoms with van der Waals surface area (Å²) in [5.41, 5.74) is 12.2. The summed E-state index contributed by atoms with van der Waals surface area (Å²) >= 11 is -1.99. The summed E-state index contributed by atoms with van der Waals surface area (Å²) in [6.07, 6.45) is 1.13. The molecule has 0 bridgehead atoms. The third kappa shape index (κ3) is 9.13. The predicted octanol–water partition coefficient (Wildman–Crippen LogP) is 8.02. The molecule has 0 radical (unpaired) electrons. The van der Waals surface area contributed by atoms with Crippen molar-refractivity contribution in [2.24, 2.45) is 4.99 Å². The number of anilines is 2. The number of esters is 1. The Morgan fingerprint density at radius 1 is 0.905 bits per heavy atom. The molecule has 42 heavy (non-hydrogen) atoms. The SMILES string of the molecule is CCOC(=O)C=Nc1ccc(OC)cc1[CH]=[Ru]([Cl])[Cl].Cc1cc(C)c(N2[CH-]N(c3c(C)cc(C)cc3C)CC2)c(C)c1. The number of methoxy groups -OCH3 is 1. The Balaban J connectivity index is 0.000000236. The Hall–Kier alpha value is -2.73. The summed E-state index contributed by atoms with van der Waals surface area (Å²) in [6, 6.07) is 14.4. The first-order chi connectivity index (χ1) is 19.9. The minimum atomic E-state index is -1.99. The van der Waals surface area contributed by atoms with Crippen LogP contribution in [0.1, 0.15) is 45.9 Å². The fraction of sp³-hybridized carbons (Fsp3) is 0.333. The molecule has 6 nitrogen and oxygen atoms in total. The van der Waals surface area contributed by atoms with Crippen LogP contribution in [0.15, 0.2) is 47.5 Å². The van der Waals surface area contributed by atoms with Crippen molar-refractivity contribution in [2.75, 3.05) is 36.6 Å². The van der Waals surface area contributed by atoms with Crippen LogP contribution >= 0.6 is 19.4 Å². The number of aryl methyl sites for hydroxylation is 6. The van der Waals surface area contributed by atoms with Gasteiger partial charge in [-0.3, -0.25) is 0 Å². The average molecular weight is 699 g/mol. The van der Waals surface area contributed by atoms with Crippen molar-refractivity contribution in [1.82, 2.24) is 0 Å². The van der Waals surface area contributed by atoms with Crippen LogP contribution < -0.4 is 14.5 Å². The second-order valence-corrected chi connectivity index (χ2v) is 16.0. The van der Waals surface area contributed by atoms with Crippen LogP contribution in [0.3, 0.4) is 0 Å². The van der Waals surface area contributed by atoms with Gasteiger partial charge >= 0.3 is 125 Å². The molecule has 0 atom stereocenters. The fourth-order valence-corrected chi connectivity index (χ4v) is 7.13. The molecule has 0 aliphatic carbocycles. The summed E-state index contributed by atoms with van der Waals surface area (Å²) in [6.45, 7) is 19.6. The maximum absolute atomic E-state index is 11.2. The van der Waals surface area contributed by atoms with E-state index in [1.807, 2.05) is 0 Å². The largest absolute Gasteiger partial charge is 0.502 e. The number of benzene rings is 3. The first kappa shape index (κ1) is 33.8. The number of halogens is 2. The number of aliphatic imine (C=N–C) groups is 1. The van der Waals surface area contributed by atoms with Gasteiger partial charge in [0.05, 0.1) is 0 Å². The molecule has 3 aromatic rings. The van der Waals surface area contributed by atoms with Crippen LogP contribution in [0.4, 0.5) is 17.1 Å². The average Bonchev–Trinajstić information content (AvgIpc) is 3.35. The van der Waals surface area contributed by atoms with Gasteiger partial charge in [0.1, 0.15) is 0 Å². The van der Waals surface area contributed by atoms with E-state index in [0.29, 0.717) is 18.0 Å². The van der Waals surface area contributed by atoms with E-state index in [9.17, 15) is 4.79 Å². The van der Waals surface area contributed by atoms with Crippen LogP contribution in [0.2, 0.25) is 0 Å². The van der Waals surface area contributed by atoms with Gasteiger partial charge in [-0.15, -0.1) is 0 Å². The van der Waals surface area contributed by atoms with E-state index in [0.717, 1.165) is 24.9 Å². The van der Waals surface area contributed by atoms with Gasteiger partial charge in [-0.25, -0.2) is 0 Å². The molecular formula is C33H40Cl2N3O3Ru-. The second-order valence-electron chi connectivity index (χ2n) is 10.2. The van der Waals surface area contributed by atoms with E-state index in [4.69, 9.17) is 28.9 Å². The van der Waals surface area contributed by atoms with Crippen molar-refractivity contribution in [3.05, 3.63) is 88.1 Å². The molecule has 0 spiro atoms. The standard InChI is InChI=1S/C21H27N2.C12H13NO3.2ClH.Ru/c1-14-9-16(3)20(17(4)10-14)22-7-8-23(13-22)21-18(5)11-15(2)12-19(21)6;1-4-16-12(14)8-13-11-6-5-10(15-3)7-9(11)2;;;/h9-13H,7-8H2,1-6H3;2,5-8H,4H2,1,3H3;2*1H;/q-1;;;;+2/p-2. The number of hydrogen-bond acceptors (Lipinski definition) is 6. The van der Waals surface area contributed by atoms with Crippen molar-refractivity contribution in [3.8, 4) is 5.75 Å². The zero-order chi connectivity index (χ0) is 31.0. The van der Waals surface area contributed by atoms with E-state index in [-0.39, 0.29) is 0 Å². The van der Waals surface area contributed by atoms with E-state index >= 15 is 0 Å². The first-order valence-electron chi connectivity index (χ1n) is 13.7. The molecule has 9 heteroatoms. The Morgan fingerprint density at radius 2 is 1.40 bits per heavy atom. The van der Waals surface area contributed by atoms with Gasteiger partial charge in [-0.2, -0.15) is 6.67 Å². The number of hydrogen-bond donors (Lipinski definition) is 0. The number of ether oxygens (including phenoxy) is 2. The molecule has 0 saturated carbocycles. The van der Waals surface area contributed by atoms with Crippen LogP contribution in [0.25, 0.3) is 0 Å². The van der Waals surface area contributed by atoms with Gasteiger partial charge in [0.2, 0.25) is 0 Å². The molecule has 4 rings (SSSR count). The van der Waals surface area contributed by atoms with E-state index in [2.05, 4.69) is 87.3 Å². The zero-order valence-corrected chi connectivity index (χ0v) is 28.8. The van der Waals surface area contributed by atoms with Gasteiger partial charge in [0.25, 0.3) is 0 Å². The molecule has 228 valence electrons. The molecule has 0 N–H and O–H groups in total. The zero-order valence-electron chi connectivity index (χ0n) is 25.6. The number of nitrogens with zero attached hydrogens (tertiary/aromatic N) is 3. The summed E-state index contributed by atoms with van der Waals surface area (Å²) < 4.78 is 11.6. The Morgan fingerprint density at radius 3 is 1.83 bits per heavy atom. The predicted molar refractivity (Wildman–Crippen MR) is 175 cm³/mol. The molecule has 1 fully saturated rings. The van der Waals surface area contributed by atoms with Gasteiger partial charge in [-0.1, -0.05) is 35.4 Å². The van der Waals surface area contributed by atoms with Crippen LogP contribution in [-0.2, 0) is 23.0 Å². The normalized spacial score (nSPS) is 13.1. The molecule has 1 heterocycles. The minimum absolute atomic E-state index is 0.311. The molecule has 0 amide bonds. The Labute approximate surface area is 263 Å². The van der Waals surface area contributed by atoms with E-state index < -0.39 is 19.5 Å². The summed E-state index contributed by atoms with van der Waals surface area (Å²) in [7, 11) is 13.3. The van der Waals surface area contributed by atoms with Crippen LogP contribution in [0, 0.1) is 48.2 Å². The fourth-order valence-electron chi connectivity index (χ4n) is 5.33. The topological polar surface area (TPSA) is 54.4 Å². The molecule has 0 aromatic heterocycles. The third-order valence-corrected chi connectivity index (χ3v) is 8.56. The van der Waals surface area contributed by atoms with Crippen LogP contribution in [0.5, 0.6) is 5.75 Å². The van der Waals surface area contributed by atoms with Gasteiger partial charge in [0, 0.05) is 24.5 Å². The molecule has 0 unspecified atom stereocenters. The number of rotatable bonds is 7. The van der Waals surface area contributed by atoms with Gasteiger partial charge in [0.15, 0.2) is 0 Å². The van der Waals surface area contributed by atoms with E-state index in [1.165, 1.54) is 44.8 Å². The van der Waals surface area contributed by atoms with Gasteiger partial charge < -0.3 is 9.80 Å². The Kier molecular flexibility index (Phi) is 12.6. The molecule has 1 aliphatic heterocycles. The summed E-state index contributed by atoms with van der Waals surface area (Å²) in [4.78, 5) is 20.1. The maximum Gasteiger partial charge on any atom is 0.0146 e. The Bertz CT molecular complexity index is 1380. The van der Waals surface area contributed by atoms with Crippen molar-refractivity contribution < 1.29 is 27.8 Å². The number of carbonyl (C=O) groups excluding carboxylic acids is 1. The van der Waals surface area contributed by atoms with Crippen molar-refractivity contribution >= 4 is 53.2 Å².